The van der Waals surface area contributed by atoms with Crippen molar-refractivity contribution in [3.05, 3.63) is 17.8 Å². The molecule has 2 atom stereocenters. The van der Waals surface area contributed by atoms with Gasteiger partial charge in [0.15, 0.2) is 5.89 Å². The van der Waals surface area contributed by atoms with Crippen molar-refractivity contribution in [1.29, 1.82) is 0 Å². The summed E-state index contributed by atoms with van der Waals surface area (Å²) < 4.78 is 30.7. The van der Waals surface area contributed by atoms with Crippen LogP contribution in [0.15, 0.2) is 10.7 Å². The number of aliphatic carboxylic acids is 1. The Labute approximate surface area is 135 Å². The molecule has 0 bridgehead atoms. The lowest BCUT2D eigenvalue weighted by atomic mass is 9.81. The molecule has 128 valence electrons. The summed E-state index contributed by atoms with van der Waals surface area (Å²) in [4.78, 5) is 18.1. The zero-order valence-corrected chi connectivity index (χ0v) is 14.0. The van der Waals surface area contributed by atoms with Crippen molar-refractivity contribution in [3.8, 4) is 0 Å². The molecule has 1 N–H and O–H groups in total. The molecule has 3 rings (SSSR count). The lowest BCUT2D eigenvalue weighted by Crippen LogP contribution is -2.42. The average Bonchev–Trinajstić information content (AvgIpc) is 3.12. The van der Waals surface area contributed by atoms with Crippen LogP contribution in [0.4, 0.5) is 0 Å². The Hall–Kier alpha value is -1.45. The monoisotopic (exact) mass is 343 g/mol. The summed E-state index contributed by atoms with van der Waals surface area (Å²) in [6.07, 6.45) is 1.57. The molecule has 0 saturated carbocycles. The average molecular weight is 343 g/mol. The Morgan fingerprint density at radius 1 is 1.48 bits per heavy atom. The molecule has 1 aromatic rings. The van der Waals surface area contributed by atoms with Gasteiger partial charge >= 0.3 is 5.97 Å². The van der Waals surface area contributed by atoms with Gasteiger partial charge in [-0.1, -0.05) is 0 Å². The summed E-state index contributed by atoms with van der Waals surface area (Å²) in [5, 5.41) is 9.74. The van der Waals surface area contributed by atoms with E-state index in [0.29, 0.717) is 25.5 Å². The van der Waals surface area contributed by atoms with Gasteiger partial charge in [0.1, 0.15) is 6.26 Å². The normalized spacial score (nSPS) is 29.0. The first-order valence-electron chi connectivity index (χ1n) is 7.61. The van der Waals surface area contributed by atoms with Gasteiger partial charge in [-0.05, 0) is 6.92 Å². The maximum Gasteiger partial charge on any atom is 0.312 e. The molecule has 0 radical (unpaired) electrons. The van der Waals surface area contributed by atoms with Gasteiger partial charge in [-0.25, -0.2) is 17.7 Å². The summed E-state index contributed by atoms with van der Waals surface area (Å²) in [7, 11) is -3.36. The molecule has 0 amide bonds. The fourth-order valence-corrected chi connectivity index (χ4v) is 4.85. The number of hydrogen-bond donors (Lipinski definition) is 1. The van der Waals surface area contributed by atoms with Crippen molar-refractivity contribution < 1.29 is 22.7 Å². The van der Waals surface area contributed by atoms with E-state index >= 15 is 0 Å². The van der Waals surface area contributed by atoms with Crippen molar-refractivity contribution in [2.45, 2.75) is 20.4 Å². The molecular formula is C14H21N3O5S. The number of rotatable bonds is 5. The molecule has 23 heavy (non-hydrogen) atoms. The fourth-order valence-electron chi connectivity index (χ4n) is 3.65. The number of sulfonamides is 1. The molecule has 8 nitrogen and oxygen atoms in total. The van der Waals surface area contributed by atoms with Gasteiger partial charge in [0.25, 0.3) is 0 Å². The van der Waals surface area contributed by atoms with Crippen LogP contribution in [-0.4, -0.2) is 65.6 Å². The predicted octanol–water partition coefficient (Wildman–Crippen LogP) is 0.151. The third kappa shape index (κ3) is 2.77. The zero-order valence-electron chi connectivity index (χ0n) is 13.2. The van der Waals surface area contributed by atoms with Gasteiger partial charge < -0.3 is 9.52 Å². The number of fused-ring (bicyclic) bond motifs is 1. The molecule has 2 fully saturated rings. The molecule has 0 spiro atoms. The minimum atomic E-state index is -3.36. The number of likely N-dealkylation sites (tertiary alicyclic amines) is 1. The van der Waals surface area contributed by atoms with Crippen LogP contribution in [0.1, 0.15) is 18.5 Å². The first kappa shape index (κ1) is 16.4. The highest BCUT2D eigenvalue weighted by molar-refractivity contribution is 7.89. The maximum absolute atomic E-state index is 12.1. The molecule has 0 aromatic carbocycles. The summed E-state index contributed by atoms with van der Waals surface area (Å²) in [6.45, 7) is 5.06. The van der Waals surface area contributed by atoms with Gasteiger partial charge in [-0.2, -0.15) is 0 Å². The van der Waals surface area contributed by atoms with E-state index in [0.717, 1.165) is 5.69 Å². The number of oxazole rings is 1. The summed E-state index contributed by atoms with van der Waals surface area (Å²) in [5.41, 5.74) is -0.262. The maximum atomic E-state index is 12.1. The van der Waals surface area contributed by atoms with Gasteiger partial charge in [0, 0.05) is 45.6 Å². The van der Waals surface area contributed by atoms with Gasteiger partial charge in [-0.15, -0.1) is 0 Å². The van der Waals surface area contributed by atoms with Gasteiger partial charge in [0.2, 0.25) is 10.0 Å². The number of hydrogen-bond acceptors (Lipinski definition) is 6. The predicted molar refractivity (Wildman–Crippen MR) is 81.1 cm³/mol. The van der Waals surface area contributed by atoms with E-state index in [4.69, 9.17) is 4.42 Å². The van der Waals surface area contributed by atoms with Crippen LogP contribution in [0.2, 0.25) is 0 Å². The summed E-state index contributed by atoms with van der Waals surface area (Å²) >= 11 is 0. The first-order chi connectivity index (χ1) is 10.8. The van der Waals surface area contributed by atoms with Gasteiger partial charge in [-0.3, -0.25) is 9.69 Å². The number of carboxylic acid groups (broad SMARTS) is 1. The van der Waals surface area contributed by atoms with E-state index in [1.165, 1.54) is 4.31 Å². The smallest absolute Gasteiger partial charge is 0.312 e. The van der Waals surface area contributed by atoms with Crippen LogP contribution in [-0.2, 0) is 21.4 Å². The summed E-state index contributed by atoms with van der Waals surface area (Å²) in [6, 6.07) is 0. The van der Waals surface area contributed by atoms with Gasteiger partial charge in [0.05, 0.1) is 16.9 Å². The van der Waals surface area contributed by atoms with Crippen LogP contribution < -0.4 is 0 Å². The van der Waals surface area contributed by atoms with Crippen LogP contribution in [0.25, 0.3) is 0 Å². The number of carbonyl (C=O) groups is 1. The van der Waals surface area contributed by atoms with Crippen molar-refractivity contribution >= 4 is 16.0 Å². The van der Waals surface area contributed by atoms with Crippen LogP contribution in [0, 0.1) is 18.3 Å². The van der Waals surface area contributed by atoms with Crippen molar-refractivity contribution in [3.63, 3.8) is 0 Å². The Balaban J connectivity index is 1.77. The van der Waals surface area contributed by atoms with E-state index in [9.17, 15) is 18.3 Å². The fraction of sp³-hybridized carbons (Fsp3) is 0.714. The number of nitrogens with zero attached hydrogens (tertiary/aromatic N) is 3. The first-order valence-corrected chi connectivity index (χ1v) is 9.22. The number of aryl methyl sites for hydroxylation is 1. The molecule has 2 aliphatic rings. The second kappa shape index (κ2) is 5.57. The third-order valence-corrected chi connectivity index (χ3v) is 6.68. The molecule has 2 saturated heterocycles. The summed E-state index contributed by atoms with van der Waals surface area (Å²) in [5.74, 6) is -0.547. The molecule has 0 unspecified atom stereocenters. The molecule has 0 aliphatic carbocycles. The third-order valence-electron chi connectivity index (χ3n) is 4.88. The molecule has 1 aromatic heterocycles. The van der Waals surface area contributed by atoms with E-state index in [1.807, 2.05) is 4.90 Å². The Kier molecular flexibility index (Phi) is 3.97. The molecule has 9 heteroatoms. The zero-order chi connectivity index (χ0) is 16.8. The second-order valence-electron chi connectivity index (χ2n) is 6.38. The molecule has 2 aliphatic heterocycles. The topological polar surface area (TPSA) is 104 Å². The van der Waals surface area contributed by atoms with E-state index in [-0.39, 0.29) is 24.8 Å². The quantitative estimate of drug-likeness (QED) is 0.811. The van der Waals surface area contributed by atoms with E-state index < -0.39 is 21.4 Å². The Bertz CT molecular complexity index is 716. The molecular weight excluding hydrogens is 322 g/mol. The number of aromatic nitrogens is 1. The van der Waals surface area contributed by atoms with E-state index in [1.54, 1.807) is 20.1 Å². The van der Waals surface area contributed by atoms with E-state index in [2.05, 4.69) is 4.98 Å². The Morgan fingerprint density at radius 2 is 2.22 bits per heavy atom. The van der Waals surface area contributed by atoms with Crippen molar-refractivity contribution in [1.82, 2.24) is 14.2 Å². The van der Waals surface area contributed by atoms with Crippen LogP contribution in [0.3, 0.4) is 0 Å². The van der Waals surface area contributed by atoms with Crippen LogP contribution in [0.5, 0.6) is 0 Å². The molecule has 3 heterocycles. The minimum Gasteiger partial charge on any atom is -0.481 e. The Morgan fingerprint density at radius 3 is 2.74 bits per heavy atom. The number of carboxylic acids is 1. The minimum absolute atomic E-state index is 0.00263. The van der Waals surface area contributed by atoms with Crippen LogP contribution >= 0.6 is 0 Å². The van der Waals surface area contributed by atoms with Crippen molar-refractivity contribution in [2.24, 2.45) is 11.3 Å². The SMILES string of the molecule is CCS(=O)(=O)N1C[C@@H]2CN(Cc3coc(C)n3)C[C@]2(C(=O)O)C1. The largest absolute Gasteiger partial charge is 0.481 e. The highest BCUT2D eigenvalue weighted by Crippen LogP contribution is 2.44. The lowest BCUT2D eigenvalue weighted by Gasteiger charge is -2.24. The lowest BCUT2D eigenvalue weighted by molar-refractivity contribution is -0.148. The highest BCUT2D eigenvalue weighted by atomic mass is 32.2. The van der Waals surface area contributed by atoms with Crippen molar-refractivity contribution in [2.75, 3.05) is 31.9 Å². The standard InChI is InChI=1S/C14H21N3O5S/c1-3-23(20,21)17-5-11-4-16(6-12-7-22-10(2)15-12)8-14(11,9-17)13(18)19/h7,11H,3-6,8-9H2,1-2H3,(H,18,19)/t11-,14-/m0/s1. The second-order valence-corrected chi connectivity index (χ2v) is 8.64. The highest BCUT2D eigenvalue weighted by Gasteiger charge is 2.59.